The molecule has 0 N–H and O–H groups in total. The normalized spacial score (nSPS) is 9.62. The monoisotopic (exact) mass is 177 g/mol. The smallest absolute Gasteiger partial charge is 0.258 e. The number of rotatable bonds is 2. The molecule has 0 aliphatic rings. The Hall–Kier alpha value is -1.65. The summed E-state index contributed by atoms with van der Waals surface area (Å²) in [4.78, 5) is 9.71. The maximum absolute atomic E-state index is 12.8. The molecule has 1 aromatic rings. The highest BCUT2D eigenvalue weighted by Gasteiger charge is 2.13. The summed E-state index contributed by atoms with van der Waals surface area (Å²) in [5.41, 5.74) is -0.244. The molecule has 0 heterocycles. The van der Waals surface area contributed by atoms with Crippen LogP contribution >= 0.6 is 0 Å². The van der Waals surface area contributed by atoms with E-state index in [0.29, 0.717) is 0 Å². The molecular formula is C8H5BFNO2. The summed E-state index contributed by atoms with van der Waals surface area (Å²) in [7, 11) is 5.22. The van der Waals surface area contributed by atoms with Gasteiger partial charge in [-0.25, -0.2) is 4.39 Å². The quantitative estimate of drug-likeness (QED) is 0.386. The van der Waals surface area contributed by atoms with E-state index >= 15 is 0 Å². The first-order chi connectivity index (χ1) is 6.06. The lowest BCUT2D eigenvalue weighted by molar-refractivity contribution is -0.385. The van der Waals surface area contributed by atoms with Crippen LogP contribution in [0.5, 0.6) is 0 Å². The van der Waals surface area contributed by atoms with Gasteiger partial charge in [0.1, 0.15) is 13.7 Å². The van der Waals surface area contributed by atoms with Crippen LogP contribution in [0.3, 0.4) is 0 Å². The average Bonchev–Trinajstić information content (AvgIpc) is 2.08. The lowest BCUT2D eigenvalue weighted by Crippen LogP contribution is -2.10. The van der Waals surface area contributed by atoms with Gasteiger partial charge in [0.15, 0.2) is 0 Å². The molecule has 1 aromatic carbocycles. The van der Waals surface area contributed by atoms with Gasteiger partial charge in [-0.1, -0.05) is 24.2 Å². The zero-order valence-corrected chi connectivity index (χ0v) is 6.66. The van der Waals surface area contributed by atoms with E-state index in [9.17, 15) is 14.5 Å². The van der Waals surface area contributed by atoms with Crippen LogP contribution in [0.25, 0.3) is 6.08 Å². The molecule has 0 aromatic heterocycles. The zero-order chi connectivity index (χ0) is 10.0. The van der Waals surface area contributed by atoms with Crippen LogP contribution in [0.15, 0.2) is 18.7 Å². The maximum atomic E-state index is 12.8. The highest BCUT2D eigenvalue weighted by Crippen LogP contribution is 2.18. The Bertz CT molecular complexity index is 379. The Morgan fingerprint density at radius 1 is 1.62 bits per heavy atom. The molecule has 0 aliphatic carbocycles. The summed E-state index contributed by atoms with van der Waals surface area (Å²) in [6, 6.07) is 1.97. The Balaban J connectivity index is 3.41. The van der Waals surface area contributed by atoms with Gasteiger partial charge in [0.25, 0.3) is 5.69 Å². The second kappa shape index (κ2) is 3.39. The van der Waals surface area contributed by atoms with Gasteiger partial charge < -0.3 is 0 Å². The van der Waals surface area contributed by atoms with Gasteiger partial charge in [-0.15, -0.1) is 0 Å². The highest BCUT2D eigenvalue weighted by atomic mass is 19.1. The first-order valence-corrected chi connectivity index (χ1v) is 3.42. The Morgan fingerprint density at radius 2 is 2.23 bits per heavy atom. The van der Waals surface area contributed by atoms with Crippen molar-refractivity contribution in [3.8, 4) is 0 Å². The SMILES string of the molecule is [B]c1cc(C=C)c([N+](=O)[O-])cc1F. The molecule has 0 bridgehead atoms. The molecule has 0 unspecified atom stereocenters. The standard InChI is InChI=1S/C8H5BFNO2/c1-2-5-3-6(9)7(10)4-8(5)11(12)13/h2-4H,1H2. The first kappa shape index (κ1) is 9.44. The van der Waals surface area contributed by atoms with Gasteiger partial charge in [-0.3, -0.25) is 10.1 Å². The third kappa shape index (κ3) is 1.74. The maximum Gasteiger partial charge on any atom is 0.279 e. The van der Waals surface area contributed by atoms with Crippen molar-refractivity contribution in [3.05, 3.63) is 40.2 Å². The number of hydrogen-bond acceptors (Lipinski definition) is 2. The summed E-state index contributed by atoms with van der Waals surface area (Å²) < 4.78 is 12.8. The number of nitrogens with zero attached hydrogens (tertiary/aromatic N) is 1. The van der Waals surface area contributed by atoms with E-state index < -0.39 is 10.7 Å². The molecule has 3 nitrogen and oxygen atoms in total. The molecule has 5 heteroatoms. The van der Waals surface area contributed by atoms with Crippen molar-refractivity contribution in [1.29, 1.82) is 0 Å². The molecule has 0 saturated carbocycles. The fraction of sp³-hybridized carbons (Fsp3) is 0. The van der Waals surface area contributed by atoms with Crippen LogP contribution < -0.4 is 5.46 Å². The Morgan fingerprint density at radius 3 is 2.69 bits per heavy atom. The van der Waals surface area contributed by atoms with Crippen LogP contribution in [0, 0.1) is 15.9 Å². The van der Waals surface area contributed by atoms with Crippen molar-refractivity contribution in [2.45, 2.75) is 0 Å². The number of hydrogen-bond donors (Lipinski definition) is 0. The predicted octanol–water partition coefficient (Wildman–Crippen LogP) is 1.17. The second-order valence-electron chi connectivity index (χ2n) is 2.39. The van der Waals surface area contributed by atoms with E-state index in [2.05, 4.69) is 6.58 Å². The molecule has 0 spiro atoms. The summed E-state index contributed by atoms with van der Waals surface area (Å²) >= 11 is 0. The van der Waals surface area contributed by atoms with Gasteiger partial charge in [-0.05, 0) is 0 Å². The van der Waals surface area contributed by atoms with Crippen molar-refractivity contribution in [1.82, 2.24) is 0 Å². The van der Waals surface area contributed by atoms with Gasteiger partial charge in [0.05, 0.1) is 16.6 Å². The molecule has 2 radical (unpaired) electrons. The number of nitro groups is 1. The molecule has 0 aliphatic heterocycles. The topological polar surface area (TPSA) is 43.1 Å². The molecule has 0 amide bonds. The highest BCUT2D eigenvalue weighted by molar-refractivity contribution is 6.32. The molecule has 0 atom stereocenters. The van der Waals surface area contributed by atoms with Gasteiger partial charge in [0.2, 0.25) is 0 Å². The number of nitro benzene ring substituents is 1. The fourth-order valence-electron chi connectivity index (χ4n) is 0.919. The van der Waals surface area contributed by atoms with Gasteiger partial charge in [-0.2, -0.15) is 0 Å². The van der Waals surface area contributed by atoms with E-state index in [1.54, 1.807) is 0 Å². The Kier molecular flexibility index (Phi) is 2.46. The van der Waals surface area contributed by atoms with Crippen LogP contribution in [0.2, 0.25) is 0 Å². The lowest BCUT2D eigenvalue weighted by Gasteiger charge is -2.00. The largest absolute Gasteiger partial charge is 0.279 e. The summed E-state index contributed by atoms with van der Waals surface area (Å²) in [6.07, 6.45) is 1.26. The van der Waals surface area contributed by atoms with Crippen LogP contribution in [-0.4, -0.2) is 12.8 Å². The van der Waals surface area contributed by atoms with Crippen molar-refractivity contribution in [2.75, 3.05) is 0 Å². The van der Waals surface area contributed by atoms with Crippen LogP contribution in [-0.2, 0) is 0 Å². The van der Waals surface area contributed by atoms with Crippen LogP contribution in [0.1, 0.15) is 5.56 Å². The minimum absolute atomic E-state index is 0.125. The Labute approximate surface area is 75.4 Å². The third-order valence-electron chi connectivity index (χ3n) is 1.56. The average molecular weight is 177 g/mol. The van der Waals surface area contributed by atoms with Crippen molar-refractivity contribution >= 4 is 25.1 Å². The lowest BCUT2D eigenvalue weighted by atomic mass is 9.93. The summed E-state index contributed by atoms with van der Waals surface area (Å²) in [5.74, 6) is -0.794. The zero-order valence-electron chi connectivity index (χ0n) is 6.66. The molecule has 0 saturated heterocycles. The fourth-order valence-corrected chi connectivity index (χ4v) is 0.919. The minimum atomic E-state index is -0.794. The number of benzene rings is 1. The van der Waals surface area contributed by atoms with E-state index in [-0.39, 0.29) is 16.7 Å². The van der Waals surface area contributed by atoms with Crippen molar-refractivity contribution < 1.29 is 9.31 Å². The third-order valence-corrected chi connectivity index (χ3v) is 1.56. The van der Waals surface area contributed by atoms with Gasteiger partial charge in [0, 0.05) is 0 Å². The van der Waals surface area contributed by atoms with E-state index in [1.165, 1.54) is 12.1 Å². The van der Waals surface area contributed by atoms with E-state index in [1.807, 2.05) is 0 Å². The summed E-state index contributed by atoms with van der Waals surface area (Å²) in [6.45, 7) is 3.36. The van der Waals surface area contributed by atoms with Crippen molar-refractivity contribution in [3.63, 3.8) is 0 Å². The number of halogens is 1. The predicted molar refractivity (Wildman–Crippen MR) is 48.5 cm³/mol. The van der Waals surface area contributed by atoms with Crippen molar-refractivity contribution in [2.24, 2.45) is 0 Å². The van der Waals surface area contributed by atoms with E-state index in [4.69, 9.17) is 7.85 Å². The molecular weight excluding hydrogens is 172 g/mol. The molecule has 13 heavy (non-hydrogen) atoms. The minimum Gasteiger partial charge on any atom is -0.258 e. The molecule has 0 fully saturated rings. The van der Waals surface area contributed by atoms with Crippen LogP contribution in [0.4, 0.5) is 10.1 Å². The van der Waals surface area contributed by atoms with Gasteiger partial charge >= 0.3 is 0 Å². The first-order valence-electron chi connectivity index (χ1n) is 3.42. The van der Waals surface area contributed by atoms with E-state index in [0.717, 1.165) is 6.07 Å². The summed E-state index contributed by atoms with van der Waals surface area (Å²) in [5, 5.41) is 10.4. The second-order valence-corrected chi connectivity index (χ2v) is 2.39. The molecule has 1 rings (SSSR count). The molecule has 64 valence electrons.